The monoisotopic (exact) mass is 494 g/mol. The molecule has 5 rings (SSSR count). The second kappa shape index (κ2) is 9.14. The van der Waals surface area contributed by atoms with Gasteiger partial charge >= 0.3 is 0 Å². The van der Waals surface area contributed by atoms with Gasteiger partial charge in [0.05, 0.1) is 24.0 Å². The predicted octanol–water partition coefficient (Wildman–Crippen LogP) is 3.23. The molecule has 2 aromatic heterocycles. The summed E-state index contributed by atoms with van der Waals surface area (Å²) in [6.07, 6.45) is 5.21. The van der Waals surface area contributed by atoms with E-state index in [2.05, 4.69) is 5.32 Å². The van der Waals surface area contributed by atoms with Crippen LogP contribution in [0, 0.1) is 0 Å². The Morgan fingerprint density at radius 3 is 2.03 bits per heavy atom. The first-order valence-corrected chi connectivity index (χ1v) is 12.6. The van der Waals surface area contributed by atoms with Crippen molar-refractivity contribution in [1.82, 2.24) is 20.6 Å². The van der Waals surface area contributed by atoms with Crippen LogP contribution in [0.1, 0.15) is 17.5 Å². The normalized spacial score (nSPS) is 14.1. The largest absolute Gasteiger partial charge is 0.350 e. The lowest BCUT2D eigenvalue weighted by molar-refractivity contribution is -0.122. The molecule has 0 bridgehead atoms. The third kappa shape index (κ3) is 4.39. The number of benzene rings is 2. The summed E-state index contributed by atoms with van der Waals surface area (Å²) in [6, 6.07) is 15.4. The molecule has 9 nitrogen and oxygen atoms in total. The van der Waals surface area contributed by atoms with Crippen LogP contribution in [0.4, 0.5) is 0 Å². The zero-order valence-corrected chi connectivity index (χ0v) is 20.3. The number of hydrogen-bond donors (Lipinski definition) is 2. The molecule has 1 aliphatic heterocycles. The zero-order chi connectivity index (χ0) is 24.0. The summed E-state index contributed by atoms with van der Waals surface area (Å²) in [7, 11) is -1.60. The third-order valence-electron chi connectivity index (χ3n) is 6.00. The van der Waals surface area contributed by atoms with Gasteiger partial charge in [0.25, 0.3) is 21.9 Å². The first-order valence-electron chi connectivity index (χ1n) is 10.8. The van der Waals surface area contributed by atoms with Crippen LogP contribution in [-0.4, -0.2) is 42.2 Å². The smallest absolute Gasteiger partial charge is 0.264 e. The standard InChI is InChI=1S/C25H23N3O5S.H3N/c1-27-14-18(16-8-3-5-10-20(16)27)22-23(25(30)26-24(22)29)19-15-28(12-7-13-33-34(2,31)32)21-11-6-4-9-17(19)21;/h3-6,8-11,14-15H,7,12-13H2,1-2H3,(H,26,29,30);1H3. The van der Waals surface area contributed by atoms with Crippen LogP contribution in [-0.2, 0) is 37.5 Å². The molecule has 10 heteroatoms. The summed E-state index contributed by atoms with van der Waals surface area (Å²) >= 11 is 0. The minimum atomic E-state index is -3.51. The molecular weight excluding hydrogens is 468 g/mol. The van der Waals surface area contributed by atoms with Gasteiger partial charge in [0, 0.05) is 58.9 Å². The minimum Gasteiger partial charge on any atom is -0.350 e. The van der Waals surface area contributed by atoms with Gasteiger partial charge in [-0.2, -0.15) is 8.42 Å². The number of nitrogens with zero attached hydrogens (tertiary/aromatic N) is 2. The quantitative estimate of drug-likeness (QED) is 0.230. The molecule has 0 radical (unpaired) electrons. The molecule has 0 fully saturated rings. The van der Waals surface area contributed by atoms with Crippen LogP contribution in [0.15, 0.2) is 60.9 Å². The Balaban J connectivity index is 0.00000289. The van der Waals surface area contributed by atoms with Crippen molar-refractivity contribution >= 4 is 54.9 Å². The van der Waals surface area contributed by atoms with E-state index >= 15 is 0 Å². The molecule has 35 heavy (non-hydrogen) atoms. The Kier molecular flexibility index (Phi) is 6.37. The fraction of sp³-hybridized carbons (Fsp3) is 0.200. The molecule has 4 aromatic rings. The lowest BCUT2D eigenvalue weighted by Gasteiger charge is -2.05. The van der Waals surface area contributed by atoms with Gasteiger partial charge in [-0.3, -0.25) is 19.1 Å². The highest BCUT2D eigenvalue weighted by Crippen LogP contribution is 2.38. The molecule has 3 heterocycles. The van der Waals surface area contributed by atoms with E-state index in [1.54, 1.807) is 0 Å². The maximum Gasteiger partial charge on any atom is 0.264 e. The lowest BCUT2D eigenvalue weighted by atomic mass is 9.95. The van der Waals surface area contributed by atoms with Crippen LogP contribution >= 0.6 is 0 Å². The van der Waals surface area contributed by atoms with Crippen molar-refractivity contribution in [2.24, 2.45) is 7.05 Å². The molecule has 182 valence electrons. The number of para-hydroxylation sites is 2. The number of imide groups is 1. The summed E-state index contributed by atoms with van der Waals surface area (Å²) < 4.78 is 31.3. The molecule has 0 saturated heterocycles. The van der Waals surface area contributed by atoms with E-state index in [0.717, 1.165) is 28.1 Å². The summed E-state index contributed by atoms with van der Waals surface area (Å²) in [5.74, 6) is -0.856. The number of rotatable bonds is 7. The Hall–Kier alpha value is -3.73. The van der Waals surface area contributed by atoms with Crippen LogP contribution < -0.4 is 11.5 Å². The topological polar surface area (TPSA) is 134 Å². The maximum atomic E-state index is 13.0. The lowest BCUT2D eigenvalue weighted by Crippen LogP contribution is -2.22. The highest BCUT2D eigenvalue weighted by molar-refractivity contribution is 7.85. The number of carbonyl (C=O) groups excluding carboxylic acids is 2. The third-order valence-corrected chi connectivity index (χ3v) is 6.59. The fourth-order valence-corrected chi connectivity index (χ4v) is 5.01. The van der Waals surface area contributed by atoms with Gasteiger partial charge in [-0.1, -0.05) is 36.4 Å². The minimum absolute atomic E-state index is 0. The van der Waals surface area contributed by atoms with E-state index < -0.39 is 21.9 Å². The van der Waals surface area contributed by atoms with Gasteiger partial charge in [-0.25, -0.2) is 0 Å². The van der Waals surface area contributed by atoms with Crippen molar-refractivity contribution in [2.75, 3.05) is 12.9 Å². The molecule has 0 spiro atoms. The van der Waals surface area contributed by atoms with E-state index in [4.69, 9.17) is 4.18 Å². The van der Waals surface area contributed by atoms with Crippen LogP contribution in [0.2, 0.25) is 0 Å². The summed E-state index contributed by atoms with van der Waals surface area (Å²) in [5, 5.41) is 4.20. The van der Waals surface area contributed by atoms with Crippen molar-refractivity contribution in [3.8, 4) is 0 Å². The average molecular weight is 495 g/mol. The number of nitrogens with one attached hydrogen (secondary N) is 1. The van der Waals surface area contributed by atoms with Gasteiger partial charge in [0.15, 0.2) is 0 Å². The Morgan fingerprint density at radius 1 is 0.857 bits per heavy atom. The maximum absolute atomic E-state index is 13.0. The van der Waals surface area contributed by atoms with Gasteiger partial charge in [-0.15, -0.1) is 0 Å². The highest BCUT2D eigenvalue weighted by Gasteiger charge is 2.35. The van der Waals surface area contributed by atoms with Gasteiger partial charge in [-0.05, 0) is 18.6 Å². The van der Waals surface area contributed by atoms with Crippen molar-refractivity contribution in [1.29, 1.82) is 0 Å². The van der Waals surface area contributed by atoms with E-state index in [1.807, 2.05) is 77.1 Å². The zero-order valence-electron chi connectivity index (χ0n) is 19.4. The van der Waals surface area contributed by atoms with Crippen molar-refractivity contribution in [2.45, 2.75) is 13.0 Å². The van der Waals surface area contributed by atoms with Gasteiger partial charge < -0.3 is 15.3 Å². The van der Waals surface area contributed by atoms with Crippen molar-refractivity contribution < 1.29 is 22.2 Å². The van der Waals surface area contributed by atoms with Crippen LogP contribution in [0.25, 0.3) is 33.0 Å². The molecule has 4 N–H and O–H groups in total. The fourth-order valence-electron chi connectivity index (χ4n) is 4.59. The van der Waals surface area contributed by atoms with Crippen molar-refractivity contribution in [3.05, 3.63) is 72.1 Å². The number of amides is 2. The first kappa shape index (κ1) is 24.4. The van der Waals surface area contributed by atoms with Gasteiger partial charge in [0.1, 0.15) is 0 Å². The number of aromatic nitrogens is 2. The highest BCUT2D eigenvalue weighted by atomic mass is 32.2. The molecular formula is C25H26N4O5S. The Bertz CT molecular complexity index is 1610. The summed E-state index contributed by atoms with van der Waals surface area (Å²) in [6.45, 7) is 0.548. The van der Waals surface area contributed by atoms with Crippen molar-refractivity contribution in [3.63, 3.8) is 0 Å². The van der Waals surface area contributed by atoms with E-state index in [9.17, 15) is 18.0 Å². The van der Waals surface area contributed by atoms with E-state index in [-0.39, 0.29) is 12.8 Å². The molecule has 0 atom stereocenters. The number of fused-ring (bicyclic) bond motifs is 2. The number of hydrogen-bond acceptors (Lipinski definition) is 6. The molecule has 0 saturated carbocycles. The molecule has 2 aromatic carbocycles. The van der Waals surface area contributed by atoms with Crippen LogP contribution in [0.3, 0.4) is 0 Å². The Labute approximate surface area is 202 Å². The van der Waals surface area contributed by atoms with E-state index in [0.29, 0.717) is 35.2 Å². The number of carbonyl (C=O) groups is 2. The molecule has 2 amide bonds. The number of aryl methyl sites for hydroxylation is 2. The van der Waals surface area contributed by atoms with Crippen LogP contribution in [0.5, 0.6) is 0 Å². The Morgan fingerprint density at radius 2 is 1.40 bits per heavy atom. The van der Waals surface area contributed by atoms with E-state index in [1.165, 1.54) is 0 Å². The summed E-state index contributed by atoms with van der Waals surface area (Å²) in [4.78, 5) is 26.0. The average Bonchev–Trinajstić information content (AvgIpc) is 3.41. The van der Waals surface area contributed by atoms with Gasteiger partial charge in [0.2, 0.25) is 0 Å². The second-order valence-electron chi connectivity index (χ2n) is 8.34. The molecule has 0 unspecified atom stereocenters. The second-order valence-corrected chi connectivity index (χ2v) is 9.98. The molecule has 0 aliphatic carbocycles. The molecule has 1 aliphatic rings. The first-order chi connectivity index (χ1) is 16.2. The SMILES string of the molecule is Cn1cc(C2=C(c3cn(CCCOS(C)(=O)=O)c4ccccc34)C(=O)NC2=O)c2ccccc21.N. The predicted molar refractivity (Wildman–Crippen MR) is 135 cm³/mol. The summed E-state index contributed by atoms with van der Waals surface area (Å²) in [5.41, 5.74) is 3.90.